The van der Waals surface area contributed by atoms with Crippen LogP contribution >= 0.6 is 22.7 Å². The number of carbonyl (C=O) groups excluding carboxylic acids is 1. The molecule has 0 aliphatic heterocycles. The van der Waals surface area contributed by atoms with Crippen molar-refractivity contribution >= 4 is 28.6 Å². The minimum absolute atomic E-state index is 0.186. The second-order valence-electron chi connectivity index (χ2n) is 3.02. The molecule has 0 unspecified atom stereocenters. The zero-order valence-corrected chi connectivity index (χ0v) is 9.86. The summed E-state index contributed by atoms with van der Waals surface area (Å²) in [4.78, 5) is 12.3. The first-order valence-corrected chi connectivity index (χ1v) is 6.29. The molecule has 0 aromatic carbocycles. The van der Waals surface area contributed by atoms with Gasteiger partial charge in [0.2, 0.25) is 0 Å². The minimum atomic E-state index is -0.186. The number of hydrogen-bond acceptors (Lipinski definition) is 4. The second-order valence-corrected chi connectivity index (χ2v) is 4.80. The van der Waals surface area contributed by atoms with Gasteiger partial charge >= 0.3 is 5.97 Å². The summed E-state index contributed by atoms with van der Waals surface area (Å²) in [6, 6.07) is 4.11. The van der Waals surface area contributed by atoms with E-state index >= 15 is 0 Å². The van der Waals surface area contributed by atoms with E-state index < -0.39 is 0 Å². The Labute approximate surface area is 96.1 Å². The number of thiophene rings is 2. The van der Waals surface area contributed by atoms with Crippen molar-refractivity contribution in [3.63, 3.8) is 0 Å². The zero-order valence-electron chi connectivity index (χ0n) is 8.23. The standard InChI is InChI=1S/C11H10O2S2/c1-13-11(12)6-10-9(3-5-15-10)8-2-4-14-7-8/h2-5,7H,6H2,1H3. The molecule has 2 rings (SSSR count). The van der Waals surface area contributed by atoms with Gasteiger partial charge in [0.25, 0.3) is 0 Å². The molecule has 0 N–H and O–H groups in total. The Morgan fingerprint density at radius 3 is 2.93 bits per heavy atom. The van der Waals surface area contributed by atoms with Crippen molar-refractivity contribution in [3.05, 3.63) is 33.2 Å². The van der Waals surface area contributed by atoms with Gasteiger partial charge in [-0.2, -0.15) is 11.3 Å². The molecule has 2 nitrogen and oxygen atoms in total. The monoisotopic (exact) mass is 238 g/mol. The molecule has 0 amide bonds. The van der Waals surface area contributed by atoms with Crippen molar-refractivity contribution < 1.29 is 9.53 Å². The lowest BCUT2D eigenvalue weighted by Crippen LogP contribution is -2.03. The fourth-order valence-corrected chi connectivity index (χ4v) is 2.89. The summed E-state index contributed by atoms with van der Waals surface area (Å²) in [5.74, 6) is -0.186. The van der Waals surface area contributed by atoms with Crippen LogP contribution in [0.3, 0.4) is 0 Å². The molecule has 78 valence electrons. The quantitative estimate of drug-likeness (QED) is 0.768. The number of ether oxygens (including phenoxy) is 1. The van der Waals surface area contributed by atoms with Gasteiger partial charge in [0.05, 0.1) is 13.5 Å². The Morgan fingerprint density at radius 1 is 1.40 bits per heavy atom. The van der Waals surface area contributed by atoms with Gasteiger partial charge in [-0.15, -0.1) is 11.3 Å². The molecule has 0 aliphatic carbocycles. The Hall–Kier alpha value is -1.13. The fraction of sp³-hybridized carbons (Fsp3) is 0.182. The average molecular weight is 238 g/mol. The van der Waals surface area contributed by atoms with E-state index in [0.29, 0.717) is 6.42 Å². The zero-order chi connectivity index (χ0) is 10.7. The maximum atomic E-state index is 11.2. The van der Waals surface area contributed by atoms with Crippen LogP contribution in [0.25, 0.3) is 11.1 Å². The lowest BCUT2D eigenvalue weighted by molar-refractivity contribution is -0.139. The van der Waals surface area contributed by atoms with Crippen LogP contribution in [-0.2, 0) is 16.0 Å². The van der Waals surface area contributed by atoms with E-state index in [0.717, 1.165) is 10.4 Å². The van der Waals surface area contributed by atoms with Crippen LogP contribution in [0.5, 0.6) is 0 Å². The van der Waals surface area contributed by atoms with Gasteiger partial charge in [0.15, 0.2) is 0 Å². The third kappa shape index (κ3) is 2.27. The van der Waals surface area contributed by atoms with Gasteiger partial charge in [0.1, 0.15) is 0 Å². The van der Waals surface area contributed by atoms with Gasteiger partial charge in [-0.05, 0) is 39.4 Å². The topological polar surface area (TPSA) is 26.3 Å². The van der Waals surface area contributed by atoms with Crippen LogP contribution in [0.2, 0.25) is 0 Å². The number of hydrogen-bond donors (Lipinski definition) is 0. The number of esters is 1. The van der Waals surface area contributed by atoms with Gasteiger partial charge in [-0.1, -0.05) is 0 Å². The van der Waals surface area contributed by atoms with E-state index in [-0.39, 0.29) is 5.97 Å². The summed E-state index contributed by atoms with van der Waals surface area (Å²) in [6.45, 7) is 0. The molecule has 4 heteroatoms. The predicted octanol–water partition coefficient (Wildman–Crippen LogP) is 3.19. The van der Waals surface area contributed by atoms with Crippen molar-refractivity contribution in [3.8, 4) is 11.1 Å². The molecule has 0 aliphatic rings. The van der Waals surface area contributed by atoms with Crippen molar-refractivity contribution in [1.29, 1.82) is 0 Å². The van der Waals surface area contributed by atoms with Gasteiger partial charge in [-0.25, -0.2) is 0 Å². The molecule has 0 saturated carbocycles. The summed E-state index contributed by atoms with van der Waals surface area (Å²) in [7, 11) is 1.42. The van der Waals surface area contributed by atoms with Crippen LogP contribution in [0.15, 0.2) is 28.3 Å². The Bertz CT molecular complexity index is 443. The summed E-state index contributed by atoms with van der Waals surface area (Å²) in [5.41, 5.74) is 2.33. The van der Waals surface area contributed by atoms with Crippen molar-refractivity contribution in [2.24, 2.45) is 0 Å². The van der Waals surface area contributed by atoms with E-state index in [1.165, 1.54) is 12.7 Å². The summed E-state index contributed by atoms with van der Waals surface area (Å²) < 4.78 is 4.67. The van der Waals surface area contributed by atoms with Crippen molar-refractivity contribution in [2.75, 3.05) is 7.11 Å². The highest BCUT2D eigenvalue weighted by molar-refractivity contribution is 7.10. The smallest absolute Gasteiger partial charge is 0.310 e. The van der Waals surface area contributed by atoms with Crippen molar-refractivity contribution in [2.45, 2.75) is 6.42 Å². The molecule has 0 saturated heterocycles. The first kappa shape index (κ1) is 10.4. The Balaban J connectivity index is 2.27. The fourth-order valence-electron chi connectivity index (χ4n) is 1.36. The van der Waals surface area contributed by atoms with Gasteiger partial charge < -0.3 is 4.74 Å². The van der Waals surface area contributed by atoms with Crippen LogP contribution in [-0.4, -0.2) is 13.1 Å². The third-order valence-corrected chi connectivity index (χ3v) is 3.71. The van der Waals surface area contributed by atoms with Gasteiger partial charge in [0, 0.05) is 4.88 Å². The highest BCUT2D eigenvalue weighted by Crippen LogP contribution is 2.30. The maximum Gasteiger partial charge on any atom is 0.310 e. The summed E-state index contributed by atoms with van der Waals surface area (Å²) in [5, 5.41) is 6.13. The first-order chi connectivity index (χ1) is 7.31. The van der Waals surface area contributed by atoms with Crippen LogP contribution in [0.1, 0.15) is 4.88 Å². The van der Waals surface area contributed by atoms with E-state index in [4.69, 9.17) is 0 Å². The molecule has 0 fully saturated rings. The molecular formula is C11H10O2S2. The minimum Gasteiger partial charge on any atom is -0.469 e. The molecule has 15 heavy (non-hydrogen) atoms. The van der Waals surface area contributed by atoms with E-state index in [1.807, 2.05) is 16.8 Å². The highest BCUT2D eigenvalue weighted by Gasteiger charge is 2.11. The molecule has 0 bridgehead atoms. The average Bonchev–Trinajstić information content (AvgIpc) is 2.86. The van der Waals surface area contributed by atoms with E-state index in [9.17, 15) is 4.79 Å². The molecule has 0 atom stereocenters. The molecule has 0 spiro atoms. The molecule has 0 radical (unpaired) electrons. The van der Waals surface area contributed by atoms with E-state index in [1.54, 1.807) is 22.7 Å². The van der Waals surface area contributed by atoms with Crippen LogP contribution < -0.4 is 0 Å². The number of methoxy groups -OCH3 is 1. The molecular weight excluding hydrogens is 228 g/mol. The summed E-state index contributed by atoms with van der Waals surface area (Å²) >= 11 is 3.25. The molecule has 2 aromatic rings. The Kier molecular flexibility index (Phi) is 3.18. The molecule has 2 heterocycles. The second kappa shape index (κ2) is 4.59. The highest BCUT2D eigenvalue weighted by atomic mass is 32.1. The maximum absolute atomic E-state index is 11.2. The largest absolute Gasteiger partial charge is 0.469 e. The van der Waals surface area contributed by atoms with Crippen LogP contribution in [0.4, 0.5) is 0 Å². The predicted molar refractivity (Wildman–Crippen MR) is 63.4 cm³/mol. The number of carbonyl (C=O) groups is 1. The van der Waals surface area contributed by atoms with Gasteiger partial charge in [-0.3, -0.25) is 4.79 Å². The normalized spacial score (nSPS) is 10.2. The lowest BCUT2D eigenvalue weighted by atomic mass is 10.1. The molecule has 2 aromatic heterocycles. The van der Waals surface area contributed by atoms with E-state index in [2.05, 4.69) is 16.2 Å². The Morgan fingerprint density at radius 2 is 2.27 bits per heavy atom. The third-order valence-electron chi connectivity index (χ3n) is 2.11. The summed E-state index contributed by atoms with van der Waals surface area (Å²) in [6.07, 6.45) is 0.360. The SMILES string of the molecule is COC(=O)Cc1sccc1-c1ccsc1. The first-order valence-electron chi connectivity index (χ1n) is 4.47. The number of rotatable bonds is 3. The van der Waals surface area contributed by atoms with Crippen molar-refractivity contribution in [1.82, 2.24) is 0 Å². The lowest BCUT2D eigenvalue weighted by Gasteiger charge is -2.00. The van der Waals surface area contributed by atoms with Crippen LogP contribution in [0, 0.1) is 0 Å².